The van der Waals surface area contributed by atoms with Crippen molar-refractivity contribution in [3.8, 4) is 11.1 Å². The topological polar surface area (TPSA) is 64.6 Å². The summed E-state index contributed by atoms with van der Waals surface area (Å²) in [5.41, 5.74) is 9.29. The summed E-state index contributed by atoms with van der Waals surface area (Å²) in [6.45, 7) is 0.202. The van der Waals surface area contributed by atoms with E-state index in [2.05, 4.69) is 47.8 Å². The molecule has 0 saturated heterocycles. The molecule has 0 saturated carbocycles. The molecule has 37 heavy (non-hydrogen) atoms. The second-order valence-corrected chi connectivity index (χ2v) is 10.0. The monoisotopic (exact) mass is 507 g/mol. The molecule has 1 heterocycles. The Bertz CT molecular complexity index is 1500. The molecule has 0 fully saturated rings. The quantitative estimate of drug-likeness (QED) is 0.286. The van der Waals surface area contributed by atoms with E-state index in [0.29, 0.717) is 10.6 Å². The van der Waals surface area contributed by atoms with Gasteiger partial charge in [0.1, 0.15) is 17.2 Å². The standard InChI is InChI=1S/C31H25NO4S/c1-35-30(33)28-27(21-15-14-19-8-2-3-9-20(19)16-21)18-37-29(28)32-31(34)36-17-26-24-12-6-4-10-22(24)23-11-5-7-13-25(23)26/h2-13,16,18,26H,14-15,17H2,1H3,(H,32,34). The van der Waals surface area contributed by atoms with Gasteiger partial charge in [0, 0.05) is 16.9 Å². The maximum absolute atomic E-state index is 12.9. The lowest BCUT2D eigenvalue weighted by atomic mass is 9.88. The summed E-state index contributed by atoms with van der Waals surface area (Å²) >= 11 is 1.30. The van der Waals surface area contributed by atoms with Crippen LogP contribution in [0.25, 0.3) is 22.8 Å². The zero-order chi connectivity index (χ0) is 25.4. The van der Waals surface area contributed by atoms with Gasteiger partial charge >= 0.3 is 12.1 Å². The maximum atomic E-state index is 12.9. The number of ether oxygens (including phenoxy) is 2. The van der Waals surface area contributed by atoms with E-state index in [1.165, 1.54) is 35.1 Å². The number of nitrogens with one attached hydrogen (secondary N) is 1. The number of amides is 1. The molecule has 2 aliphatic carbocycles. The third-order valence-corrected chi connectivity index (χ3v) is 8.03. The van der Waals surface area contributed by atoms with Gasteiger partial charge in [0.2, 0.25) is 0 Å². The lowest BCUT2D eigenvalue weighted by Gasteiger charge is -2.17. The fraction of sp³-hybridized carbons (Fsp3) is 0.161. The van der Waals surface area contributed by atoms with Crippen LogP contribution in [0.1, 0.15) is 50.5 Å². The van der Waals surface area contributed by atoms with E-state index in [9.17, 15) is 9.59 Å². The van der Waals surface area contributed by atoms with Crippen LogP contribution in [0.4, 0.5) is 9.80 Å². The average Bonchev–Trinajstić information content (AvgIpc) is 3.50. The highest BCUT2D eigenvalue weighted by molar-refractivity contribution is 7.15. The second-order valence-electron chi connectivity index (χ2n) is 9.16. The molecule has 3 aromatic carbocycles. The number of methoxy groups -OCH3 is 1. The molecule has 6 heteroatoms. The molecule has 6 rings (SSSR count). The lowest BCUT2D eigenvalue weighted by Crippen LogP contribution is -2.19. The van der Waals surface area contributed by atoms with E-state index in [1.54, 1.807) is 0 Å². The highest BCUT2D eigenvalue weighted by Crippen LogP contribution is 2.44. The van der Waals surface area contributed by atoms with Crippen molar-refractivity contribution < 1.29 is 19.1 Å². The maximum Gasteiger partial charge on any atom is 0.412 e. The molecule has 0 radical (unpaired) electrons. The Hall–Kier alpha value is -4.16. The summed E-state index contributed by atoms with van der Waals surface area (Å²) in [4.78, 5) is 25.7. The third kappa shape index (κ3) is 4.23. The Morgan fingerprint density at radius 3 is 2.30 bits per heavy atom. The highest BCUT2D eigenvalue weighted by atomic mass is 32.1. The number of fused-ring (bicyclic) bond motifs is 4. The van der Waals surface area contributed by atoms with E-state index in [1.807, 2.05) is 41.8 Å². The van der Waals surface area contributed by atoms with Crippen LogP contribution in [-0.4, -0.2) is 25.8 Å². The number of anilines is 1. The first-order valence-electron chi connectivity index (χ1n) is 12.2. The van der Waals surface area contributed by atoms with Crippen molar-refractivity contribution in [1.82, 2.24) is 0 Å². The van der Waals surface area contributed by atoms with Crippen molar-refractivity contribution in [2.75, 3.05) is 19.0 Å². The van der Waals surface area contributed by atoms with Gasteiger partial charge in [-0.05, 0) is 51.8 Å². The van der Waals surface area contributed by atoms with Crippen molar-refractivity contribution in [2.24, 2.45) is 0 Å². The first-order valence-corrected chi connectivity index (χ1v) is 13.1. The van der Waals surface area contributed by atoms with Gasteiger partial charge in [-0.25, -0.2) is 9.59 Å². The van der Waals surface area contributed by atoms with Gasteiger partial charge in [-0.2, -0.15) is 0 Å². The van der Waals surface area contributed by atoms with E-state index in [4.69, 9.17) is 9.47 Å². The Balaban J connectivity index is 1.23. The zero-order valence-corrected chi connectivity index (χ0v) is 21.1. The van der Waals surface area contributed by atoms with Crippen LogP contribution in [-0.2, 0) is 15.9 Å². The van der Waals surface area contributed by atoms with Crippen LogP contribution in [0, 0.1) is 0 Å². The molecule has 5 nitrogen and oxygen atoms in total. The predicted molar refractivity (Wildman–Crippen MR) is 147 cm³/mol. The molecule has 0 unspecified atom stereocenters. The summed E-state index contributed by atoms with van der Waals surface area (Å²) < 4.78 is 10.8. The number of rotatable bonds is 5. The van der Waals surface area contributed by atoms with Crippen LogP contribution in [0.3, 0.4) is 0 Å². The molecule has 1 N–H and O–H groups in total. The number of benzene rings is 3. The van der Waals surface area contributed by atoms with Gasteiger partial charge in [0.15, 0.2) is 0 Å². The summed E-state index contributed by atoms with van der Waals surface area (Å²) in [7, 11) is 1.35. The van der Waals surface area contributed by atoms with E-state index in [-0.39, 0.29) is 12.5 Å². The van der Waals surface area contributed by atoms with Crippen molar-refractivity contribution in [1.29, 1.82) is 0 Å². The second kappa shape index (κ2) is 9.71. The normalized spacial score (nSPS) is 13.7. The molecule has 0 bridgehead atoms. The molecule has 0 spiro atoms. The number of aryl methyl sites for hydroxylation is 1. The molecular formula is C31H25NO4S. The number of hydrogen-bond donors (Lipinski definition) is 1. The number of hydrogen-bond acceptors (Lipinski definition) is 5. The van der Waals surface area contributed by atoms with Crippen LogP contribution in [0.2, 0.25) is 0 Å². The highest BCUT2D eigenvalue weighted by Gasteiger charge is 2.30. The summed E-state index contributed by atoms with van der Waals surface area (Å²) in [6.07, 6.45) is 3.23. The average molecular weight is 508 g/mol. The van der Waals surface area contributed by atoms with Crippen molar-refractivity contribution >= 4 is 40.0 Å². The minimum Gasteiger partial charge on any atom is -0.465 e. The Kier molecular flexibility index (Phi) is 6.10. The van der Waals surface area contributed by atoms with Gasteiger partial charge in [-0.15, -0.1) is 11.3 Å². The molecule has 4 aromatic rings. The SMILES string of the molecule is COC(=O)c1c(C2=Cc3ccccc3CC2)csc1NC(=O)OCC1c2ccccc2-c2ccccc21. The van der Waals surface area contributed by atoms with Crippen LogP contribution in [0.15, 0.2) is 78.2 Å². The fourth-order valence-corrected chi connectivity index (χ4v) is 6.32. The van der Waals surface area contributed by atoms with Crippen LogP contribution < -0.4 is 5.32 Å². The molecule has 0 atom stereocenters. The number of thiophene rings is 1. The largest absolute Gasteiger partial charge is 0.465 e. The Labute approximate surface area is 219 Å². The Morgan fingerprint density at radius 2 is 1.57 bits per heavy atom. The number of carbonyl (C=O) groups excluding carboxylic acids is 2. The molecule has 2 aliphatic rings. The van der Waals surface area contributed by atoms with Crippen molar-refractivity contribution in [3.05, 3.63) is 112 Å². The smallest absolute Gasteiger partial charge is 0.412 e. The molecular weight excluding hydrogens is 482 g/mol. The first kappa shape index (κ1) is 23.3. The van der Waals surface area contributed by atoms with E-state index < -0.39 is 12.1 Å². The van der Waals surface area contributed by atoms with Gasteiger partial charge in [0.05, 0.1) is 7.11 Å². The first-order chi connectivity index (χ1) is 18.1. The van der Waals surface area contributed by atoms with Crippen molar-refractivity contribution in [2.45, 2.75) is 18.8 Å². The van der Waals surface area contributed by atoms with E-state index >= 15 is 0 Å². The van der Waals surface area contributed by atoms with Crippen LogP contribution >= 0.6 is 11.3 Å². The predicted octanol–water partition coefficient (Wildman–Crippen LogP) is 7.38. The van der Waals surface area contributed by atoms with Crippen LogP contribution in [0.5, 0.6) is 0 Å². The minimum atomic E-state index is -0.594. The zero-order valence-electron chi connectivity index (χ0n) is 20.3. The summed E-state index contributed by atoms with van der Waals surface area (Å²) in [6, 6.07) is 24.7. The van der Waals surface area contributed by atoms with Gasteiger partial charge in [-0.3, -0.25) is 5.32 Å². The third-order valence-electron chi connectivity index (χ3n) is 7.13. The van der Waals surface area contributed by atoms with Crippen molar-refractivity contribution in [3.63, 3.8) is 0 Å². The fourth-order valence-electron chi connectivity index (χ4n) is 5.36. The summed E-state index contributed by atoms with van der Waals surface area (Å²) in [5, 5.41) is 5.14. The van der Waals surface area contributed by atoms with E-state index in [0.717, 1.165) is 40.7 Å². The number of esters is 1. The molecule has 0 aliphatic heterocycles. The number of carbonyl (C=O) groups is 2. The van der Waals surface area contributed by atoms with Gasteiger partial charge in [-0.1, -0.05) is 78.9 Å². The van der Waals surface area contributed by atoms with Gasteiger partial charge in [0.25, 0.3) is 0 Å². The molecule has 184 valence electrons. The lowest BCUT2D eigenvalue weighted by molar-refractivity contribution is 0.0602. The minimum absolute atomic E-state index is 0.0374. The Morgan fingerprint density at radius 1 is 0.892 bits per heavy atom. The molecule has 1 aromatic heterocycles. The van der Waals surface area contributed by atoms with Gasteiger partial charge < -0.3 is 9.47 Å². The molecule has 1 amide bonds. The number of allylic oxidation sites excluding steroid dienone is 1. The summed E-state index contributed by atoms with van der Waals surface area (Å²) in [5.74, 6) is -0.519.